The van der Waals surface area contributed by atoms with Crippen LogP contribution in [-0.2, 0) is 0 Å². The zero-order valence-electron chi connectivity index (χ0n) is 13.5. The number of rotatable bonds is 3. The summed E-state index contributed by atoms with van der Waals surface area (Å²) in [6, 6.07) is 15.4. The van der Waals surface area contributed by atoms with E-state index in [1.165, 1.54) is 41.2 Å². The molecule has 122 valence electrons. The van der Waals surface area contributed by atoms with Gasteiger partial charge in [-0.2, -0.15) is 0 Å². The van der Waals surface area contributed by atoms with Crippen LogP contribution in [0.25, 0.3) is 21.0 Å². The van der Waals surface area contributed by atoms with Crippen LogP contribution in [0.4, 0.5) is 0 Å². The third-order valence-corrected chi connectivity index (χ3v) is 6.55. The molecule has 3 aromatic rings. The lowest BCUT2D eigenvalue weighted by atomic mass is 9.84. The highest BCUT2D eigenvalue weighted by molar-refractivity contribution is 7.18. The second-order valence-electron chi connectivity index (χ2n) is 6.82. The molecule has 4 nitrogen and oxygen atoms in total. The Labute approximate surface area is 145 Å². The first-order valence-corrected chi connectivity index (χ1v) is 9.48. The maximum absolute atomic E-state index is 4.46. The molecule has 6 rings (SSSR count). The lowest BCUT2D eigenvalue weighted by molar-refractivity contribution is 0.0504. The third-order valence-electron chi connectivity index (χ3n) is 5.39. The molecule has 3 saturated heterocycles. The van der Waals surface area contributed by atoms with Gasteiger partial charge in [0.15, 0.2) is 0 Å². The summed E-state index contributed by atoms with van der Waals surface area (Å²) < 4.78 is 2.12. The van der Waals surface area contributed by atoms with Gasteiger partial charge < -0.3 is 4.90 Å². The summed E-state index contributed by atoms with van der Waals surface area (Å²) in [5, 5.41) is 8.92. The second kappa shape index (κ2) is 5.83. The summed E-state index contributed by atoms with van der Waals surface area (Å²) in [7, 11) is 0. The van der Waals surface area contributed by atoms with Gasteiger partial charge in [0.1, 0.15) is 5.69 Å². The number of hydrogen-bond donors (Lipinski definition) is 0. The van der Waals surface area contributed by atoms with E-state index in [0.29, 0.717) is 6.04 Å². The van der Waals surface area contributed by atoms with E-state index >= 15 is 0 Å². The Kier molecular flexibility index (Phi) is 3.49. The first-order valence-electron chi connectivity index (χ1n) is 8.67. The van der Waals surface area contributed by atoms with Gasteiger partial charge in [-0.3, -0.25) is 0 Å². The maximum atomic E-state index is 4.46. The SMILES string of the molecule is c1ccc(-c2ccc(-c3cn([C@H]4CN5CCC4CC5)nn3)s2)cc1. The summed E-state index contributed by atoms with van der Waals surface area (Å²) in [6.45, 7) is 3.65. The fraction of sp³-hybridized carbons (Fsp3) is 0.368. The molecular weight excluding hydrogens is 316 g/mol. The van der Waals surface area contributed by atoms with Crippen molar-refractivity contribution in [1.29, 1.82) is 0 Å². The largest absolute Gasteiger partial charge is 0.301 e. The minimum Gasteiger partial charge on any atom is -0.301 e. The molecular formula is C19H20N4S. The molecule has 2 bridgehead atoms. The normalized spacial score (nSPS) is 25.9. The van der Waals surface area contributed by atoms with Crippen molar-refractivity contribution in [1.82, 2.24) is 19.9 Å². The standard InChI is InChI=1S/C19H20N4S/c1-2-4-15(5-3-1)18-6-7-19(24-18)16-12-23(21-20-16)17-13-22-10-8-14(17)9-11-22/h1-7,12,14,17H,8-11,13H2/t17-/m0/s1. The molecule has 24 heavy (non-hydrogen) atoms. The molecule has 3 fully saturated rings. The summed E-state index contributed by atoms with van der Waals surface area (Å²) in [5.74, 6) is 0.771. The molecule has 1 atom stereocenters. The van der Waals surface area contributed by atoms with E-state index in [4.69, 9.17) is 0 Å². The van der Waals surface area contributed by atoms with Gasteiger partial charge in [-0.1, -0.05) is 35.5 Å². The van der Waals surface area contributed by atoms with E-state index < -0.39 is 0 Å². The number of piperidine rings is 3. The van der Waals surface area contributed by atoms with Crippen molar-refractivity contribution in [3.05, 3.63) is 48.7 Å². The van der Waals surface area contributed by atoms with E-state index in [1.54, 1.807) is 11.3 Å². The Morgan fingerprint density at radius 3 is 2.50 bits per heavy atom. The number of hydrogen-bond acceptors (Lipinski definition) is 4. The molecule has 1 aromatic carbocycles. The number of benzene rings is 1. The van der Waals surface area contributed by atoms with Gasteiger partial charge in [0, 0.05) is 11.4 Å². The van der Waals surface area contributed by atoms with E-state index in [9.17, 15) is 0 Å². The Balaban J connectivity index is 1.41. The summed E-state index contributed by atoms with van der Waals surface area (Å²) in [4.78, 5) is 5.04. The molecule has 0 N–H and O–H groups in total. The van der Waals surface area contributed by atoms with Crippen LogP contribution in [0, 0.1) is 5.92 Å². The highest BCUT2D eigenvalue weighted by atomic mass is 32.1. The predicted molar refractivity (Wildman–Crippen MR) is 97.0 cm³/mol. The smallest absolute Gasteiger partial charge is 0.123 e. The zero-order chi connectivity index (χ0) is 15.9. The van der Waals surface area contributed by atoms with Crippen LogP contribution >= 0.6 is 11.3 Å². The van der Waals surface area contributed by atoms with Crippen molar-refractivity contribution >= 4 is 11.3 Å². The van der Waals surface area contributed by atoms with Crippen molar-refractivity contribution in [2.75, 3.05) is 19.6 Å². The van der Waals surface area contributed by atoms with Crippen LogP contribution < -0.4 is 0 Å². The molecule has 2 aromatic heterocycles. The predicted octanol–water partition coefficient (Wildman–Crippen LogP) is 3.94. The van der Waals surface area contributed by atoms with Gasteiger partial charge in [-0.25, -0.2) is 4.68 Å². The Bertz CT molecular complexity index is 830. The van der Waals surface area contributed by atoms with Crippen LogP contribution in [0.3, 0.4) is 0 Å². The van der Waals surface area contributed by atoms with E-state index in [-0.39, 0.29) is 0 Å². The molecule has 5 heteroatoms. The average Bonchev–Trinajstić information content (AvgIpc) is 3.33. The molecule has 0 radical (unpaired) electrons. The van der Waals surface area contributed by atoms with Gasteiger partial charge in [0.2, 0.25) is 0 Å². The number of nitrogens with zero attached hydrogens (tertiary/aromatic N) is 4. The minimum absolute atomic E-state index is 0.502. The summed E-state index contributed by atoms with van der Waals surface area (Å²) >= 11 is 1.79. The number of thiophene rings is 1. The fourth-order valence-electron chi connectivity index (χ4n) is 4.02. The Hall–Kier alpha value is -1.98. The highest BCUT2D eigenvalue weighted by Crippen LogP contribution is 2.37. The van der Waals surface area contributed by atoms with Gasteiger partial charge in [-0.05, 0) is 49.5 Å². The highest BCUT2D eigenvalue weighted by Gasteiger charge is 2.35. The van der Waals surface area contributed by atoms with Gasteiger partial charge in [0.25, 0.3) is 0 Å². The molecule has 0 saturated carbocycles. The topological polar surface area (TPSA) is 34.0 Å². The van der Waals surface area contributed by atoms with E-state index in [2.05, 4.69) is 68.6 Å². The van der Waals surface area contributed by atoms with Gasteiger partial charge >= 0.3 is 0 Å². The van der Waals surface area contributed by atoms with Crippen molar-refractivity contribution in [3.63, 3.8) is 0 Å². The van der Waals surface area contributed by atoms with Gasteiger partial charge in [0.05, 0.1) is 17.1 Å². The summed E-state index contributed by atoms with van der Waals surface area (Å²) in [5.41, 5.74) is 2.26. The molecule has 3 aliphatic heterocycles. The molecule has 5 heterocycles. The van der Waals surface area contributed by atoms with Crippen molar-refractivity contribution in [2.45, 2.75) is 18.9 Å². The Morgan fingerprint density at radius 1 is 0.958 bits per heavy atom. The van der Waals surface area contributed by atoms with Crippen molar-refractivity contribution in [2.24, 2.45) is 5.92 Å². The van der Waals surface area contributed by atoms with Crippen molar-refractivity contribution in [3.8, 4) is 21.0 Å². The van der Waals surface area contributed by atoms with Crippen molar-refractivity contribution < 1.29 is 0 Å². The van der Waals surface area contributed by atoms with E-state index in [1.807, 2.05) is 0 Å². The molecule has 0 amide bonds. The molecule has 0 unspecified atom stereocenters. The summed E-state index contributed by atoms with van der Waals surface area (Å²) in [6.07, 6.45) is 4.75. The molecule has 0 spiro atoms. The monoisotopic (exact) mass is 336 g/mol. The minimum atomic E-state index is 0.502. The lowest BCUT2D eigenvalue weighted by Gasteiger charge is -2.44. The quantitative estimate of drug-likeness (QED) is 0.726. The maximum Gasteiger partial charge on any atom is 0.123 e. The zero-order valence-corrected chi connectivity index (χ0v) is 14.3. The van der Waals surface area contributed by atoms with Crippen LogP contribution in [0.1, 0.15) is 18.9 Å². The van der Waals surface area contributed by atoms with Crippen LogP contribution in [0.2, 0.25) is 0 Å². The molecule has 0 aliphatic carbocycles. The fourth-order valence-corrected chi connectivity index (χ4v) is 4.98. The van der Waals surface area contributed by atoms with E-state index in [0.717, 1.165) is 18.2 Å². The van der Waals surface area contributed by atoms with Crippen LogP contribution in [0.15, 0.2) is 48.7 Å². The number of aromatic nitrogens is 3. The average molecular weight is 336 g/mol. The number of fused-ring (bicyclic) bond motifs is 3. The lowest BCUT2D eigenvalue weighted by Crippen LogP contribution is -2.48. The van der Waals surface area contributed by atoms with Crippen LogP contribution in [0.5, 0.6) is 0 Å². The third kappa shape index (κ3) is 2.48. The van der Waals surface area contributed by atoms with Crippen LogP contribution in [-0.4, -0.2) is 39.5 Å². The first-order chi connectivity index (χ1) is 11.9. The second-order valence-corrected chi connectivity index (χ2v) is 7.90. The van der Waals surface area contributed by atoms with Gasteiger partial charge in [-0.15, -0.1) is 16.4 Å². The molecule has 3 aliphatic rings. The first kappa shape index (κ1) is 14.4. The Morgan fingerprint density at radius 2 is 1.75 bits per heavy atom.